The SMILES string of the molecule is CCO[Si](C)(CCCCCCCCCCCCCCS)OCC. The normalized spacial score (nSPS) is 12.0. The summed E-state index contributed by atoms with van der Waals surface area (Å²) in [7, 11) is -1.85. The molecule has 0 radical (unpaired) electrons. The molecule has 0 aliphatic carbocycles. The average Bonchev–Trinajstić information content (AvgIpc) is 2.52. The molecule has 140 valence electrons. The smallest absolute Gasteiger partial charge is 0.334 e. The van der Waals surface area contributed by atoms with Crippen molar-refractivity contribution in [3.05, 3.63) is 0 Å². The fraction of sp³-hybridized carbons (Fsp3) is 1.00. The van der Waals surface area contributed by atoms with E-state index in [1.165, 1.54) is 77.0 Å². The predicted octanol–water partition coefficient (Wildman–Crippen LogP) is 6.74. The van der Waals surface area contributed by atoms with E-state index in [0.29, 0.717) is 0 Å². The van der Waals surface area contributed by atoms with Crippen molar-refractivity contribution in [1.29, 1.82) is 0 Å². The summed E-state index contributed by atoms with van der Waals surface area (Å²) in [6, 6.07) is 1.15. The highest BCUT2D eigenvalue weighted by molar-refractivity contribution is 7.80. The standard InChI is InChI=1S/C19H42O2SSi/c1-4-20-23(3,21-5-2)19-17-15-13-11-9-7-6-8-10-12-14-16-18-22/h22H,4-19H2,1-3H3. The minimum Gasteiger partial charge on any atom is -0.395 e. The molecule has 0 amide bonds. The van der Waals surface area contributed by atoms with Gasteiger partial charge in [-0.05, 0) is 38.6 Å². The Bertz CT molecular complexity index is 233. The monoisotopic (exact) mass is 362 g/mol. The first-order valence-electron chi connectivity index (χ1n) is 10.1. The molecule has 23 heavy (non-hydrogen) atoms. The fourth-order valence-electron chi connectivity index (χ4n) is 3.12. The highest BCUT2D eigenvalue weighted by Gasteiger charge is 2.29. The third-order valence-corrected chi connectivity index (χ3v) is 7.82. The zero-order valence-electron chi connectivity index (χ0n) is 16.1. The molecule has 0 unspecified atom stereocenters. The molecule has 0 aromatic rings. The van der Waals surface area contributed by atoms with Crippen LogP contribution in [-0.2, 0) is 8.85 Å². The molecule has 0 fully saturated rings. The van der Waals surface area contributed by atoms with Gasteiger partial charge in [-0.3, -0.25) is 0 Å². The van der Waals surface area contributed by atoms with Crippen LogP contribution >= 0.6 is 12.6 Å². The minimum atomic E-state index is -1.85. The summed E-state index contributed by atoms with van der Waals surface area (Å²) in [6.45, 7) is 7.94. The van der Waals surface area contributed by atoms with Gasteiger partial charge in [0.2, 0.25) is 0 Å². The minimum absolute atomic E-state index is 0.789. The van der Waals surface area contributed by atoms with Crippen LogP contribution in [-0.4, -0.2) is 27.5 Å². The van der Waals surface area contributed by atoms with Gasteiger partial charge in [-0.25, -0.2) is 0 Å². The van der Waals surface area contributed by atoms with E-state index in [0.717, 1.165) is 25.0 Å². The summed E-state index contributed by atoms with van der Waals surface area (Å²) in [4.78, 5) is 0. The second-order valence-electron chi connectivity index (χ2n) is 6.72. The second kappa shape index (κ2) is 17.3. The molecule has 2 nitrogen and oxygen atoms in total. The van der Waals surface area contributed by atoms with Gasteiger partial charge >= 0.3 is 8.56 Å². The lowest BCUT2D eigenvalue weighted by molar-refractivity contribution is 0.188. The Morgan fingerprint density at radius 1 is 0.609 bits per heavy atom. The van der Waals surface area contributed by atoms with Crippen LogP contribution in [0.1, 0.15) is 90.9 Å². The number of unbranched alkanes of at least 4 members (excludes halogenated alkanes) is 11. The lowest BCUT2D eigenvalue weighted by Gasteiger charge is -2.25. The number of hydrogen-bond acceptors (Lipinski definition) is 3. The topological polar surface area (TPSA) is 18.5 Å². The van der Waals surface area contributed by atoms with E-state index in [9.17, 15) is 0 Å². The maximum absolute atomic E-state index is 5.89. The zero-order chi connectivity index (χ0) is 17.2. The number of hydrogen-bond donors (Lipinski definition) is 1. The van der Waals surface area contributed by atoms with Crippen LogP contribution in [0.4, 0.5) is 0 Å². The van der Waals surface area contributed by atoms with Gasteiger partial charge in [0.15, 0.2) is 0 Å². The molecule has 0 aliphatic heterocycles. The molecule has 0 aromatic carbocycles. The van der Waals surface area contributed by atoms with Gasteiger partial charge in [0, 0.05) is 13.2 Å². The first-order chi connectivity index (χ1) is 11.2. The lowest BCUT2D eigenvalue weighted by Crippen LogP contribution is -2.38. The van der Waals surface area contributed by atoms with Crippen LogP contribution in [0.5, 0.6) is 0 Å². The van der Waals surface area contributed by atoms with Crippen molar-refractivity contribution in [3.63, 3.8) is 0 Å². The molecule has 4 heteroatoms. The maximum Gasteiger partial charge on any atom is 0.334 e. The molecule has 0 aliphatic rings. The molecule has 0 bridgehead atoms. The van der Waals surface area contributed by atoms with E-state index in [2.05, 4.69) is 33.0 Å². The van der Waals surface area contributed by atoms with Gasteiger partial charge < -0.3 is 8.85 Å². The Hall–Kier alpha value is 0.487. The molecular formula is C19H42O2SSi. The third-order valence-electron chi connectivity index (χ3n) is 4.44. The lowest BCUT2D eigenvalue weighted by atomic mass is 10.1. The van der Waals surface area contributed by atoms with E-state index >= 15 is 0 Å². The van der Waals surface area contributed by atoms with Crippen LogP contribution in [0.3, 0.4) is 0 Å². The second-order valence-corrected chi connectivity index (χ2v) is 10.5. The van der Waals surface area contributed by atoms with Crippen LogP contribution in [0, 0.1) is 0 Å². The van der Waals surface area contributed by atoms with E-state index < -0.39 is 8.56 Å². The Kier molecular flexibility index (Phi) is 17.7. The molecule has 0 saturated carbocycles. The van der Waals surface area contributed by atoms with Crippen LogP contribution in [0.2, 0.25) is 12.6 Å². The van der Waals surface area contributed by atoms with Crippen molar-refractivity contribution >= 4 is 21.2 Å². The first-order valence-corrected chi connectivity index (χ1v) is 13.2. The van der Waals surface area contributed by atoms with Crippen molar-refractivity contribution < 1.29 is 8.85 Å². The van der Waals surface area contributed by atoms with Crippen LogP contribution in [0.25, 0.3) is 0 Å². The van der Waals surface area contributed by atoms with Crippen LogP contribution < -0.4 is 0 Å². The van der Waals surface area contributed by atoms with Gasteiger partial charge in [-0.15, -0.1) is 0 Å². The largest absolute Gasteiger partial charge is 0.395 e. The first kappa shape index (κ1) is 23.5. The van der Waals surface area contributed by atoms with Gasteiger partial charge in [0.05, 0.1) is 0 Å². The molecule has 0 saturated heterocycles. The molecule has 0 N–H and O–H groups in total. The number of thiol groups is 1. The van der Waals surface area contributed by atoms with Gasteiger partial charge in [-0.2, -0.15) is 12.6 Å². The van der Waals surface area contributed by atoms with Crippen LogP contribution in [0.15, 0.2) is 0 Å². The summed E-state index contributed by atoms with van der Waals surface area (Å²) < 4.78 is 11.8. The van der Waals surface area contributed by atoms with Gasteiger partial charge in [0.25, 0.3) is 0 Å². The fourth-order valence-corrected chi connectivity index (χ4v) is 5.83. The summed E-state index contributed by atoms with van der Waals surface area (Å²) in [5.74, 6) is 1.05. The van der Waals surface area contributed by atoms with Gasteiger partial charge in [-0.1, -0.05) is 70.6 Å². The highest BCUT2D eigenvalue weighted by Crippen LogP contribution is 2.19. The number of rotatable bonds is 18. The third kappa shape index (κ3) is 15.7. The zero-order valence-corrected chi connectivity index (χ0v) is 18.0. The van der Waals surface area contributed by atoms with Crippen molar-refractivity contribution in [2.24, 2.45) is 0 Å². The Balaban J connectivity index is 3.32. The Morgan fingerprint density at radius 3 is 1.30 bits per heavy atom. The van der Waals surface area contributed by atoms with Crippen molar-refractivity contribution in [1.82, 2.24) is 0 Å². The Morgan fingerprint density at radius 2 is 0.957 bits per heavy atom. The summed E-state index contributed by atoms with van der Waals surface area (Å²) in [5.41, 5.74) is 0. The highest BCUT2D eigenvalue weighted by atomic mass is 32.1. The summed E-state index contributed by atoms with van der Waals surface area (Å²) in [5, 5.41) is 0. The summed E-state index contributed by atoms with van der Waals surface area (Å²) in [6.07, 6.45) is 16.6. The molecule has 0 heterocycles. The molecule has 0 spiro atoms. The quantitative estimate of drug-likeness (QED) is 0.165. The average molecular weight is 363 g/mol. The van der Waals surface area contributed by atoms with E-state index in [4.69, 9.17) is 8.85 Å². The summed E-state index contributed by atoms with van der Waals surface area (Å²) >= 11 is 4.25. The van der Waals surface area contributed by atoms with Crippen molar-refractivity contribution in [2.75, 3.05) is 19.0 Å². The van der Waals surface area contributed by atoms with Crippen molar-refractivity contribution in [2.45, 2.75) is 103 Å². The molecule has 0 atom stereocenters. The van der Waals surface area contributed by atoms with E-state index in [-0.39, 0.29) is 0 Å². The maximum atomic E-state index is 5.89. The van der Waals surface area contributed by atoms with Crippen molar-refractivity contribution in [3.8, 4) is 0 Å². The molecular weight excluding hydrogens is 320 g/mol. The predicted molar refractivity (Wildman–Crippen MR) is 109 cm³/mol. The van der Waals surface area contributed by atoms with E-state index in [1.54, 1.807) is 0 Å². The Labute approximate surface area is 152 Å². The molecule has 0 rings (SSSR count). The molecule has 0 aromatic heterocycles. The van der Waals surface area contributed by atoms with E-state index in [1.807, 2.05) is 0 Å². The van der Waals surface area contributed by atoms with Gasteiger partial charge in [0.1, 0.15) is 0 Å².